The molecule has 3 N–H and O–H groups in total. The zero-order chi connectivity index (χ0) is 22.5. The smallest absolute Gasteiger partial charge is 0.321 e. The van der Waals surface area contributed by atoms with E-state index in [0.717, 1.165) is 26.7 Å². The number of halogens is 1. The predicted molar refractivity (Wildman–Crippen MR) is 123 cm³/mol. The van der Waals surface area contributed by atoms with Crippen molar-refractivity contribution < 1.29 is 18.7 Å². The average Bonchev–Trinajstić information content (AvgIpc) is 3.07. The number of aromatic nitrogens is 3. The van der Waals surface area contributed by atoms with Gasteiger partial charge in [-0.1, -0.05) is 0 Å². The Balaban J connectivity index is 1.35. The third kappa shape index (κ3) is 3.68. The summed E-state index contributed by atoms with van der Waals surface area (Å²) in [5, 5.41) is 11.3. The van der Waals surface area contributed by atoms with Gasteiger partial charge in [-0.2, -0.15) is 14.4 Å². The lowest BCUT2D eigenvalue weighted by atomic mass is 10.1. The van der Waals surface area contributed by atoms with E-state index in [1.165, 1.54) is 17.4 Å². The summed E-state index contributed by atoms with van der Waals surface area (Å²) in [5.41, 5.74) is 1.58. The van der Waals surface area contributed by atoms with Crippen LogP contribution in [-0.2, 0) is 4.74 Å². The van der Waals surface area contributed by atoms with E-state index in [4.69, 9.17) is 9.47 Å². The van der Waals surface area contributed by atoms with Crippen LogP contribution in [-0.4, -0.2) is 52.8 Å². The largest absolute Gasteiger partial charge is 0.455 e. The van der Waals surface area contributed by atoms with E-state index in [-0.39, 0.29) is 29.9 Å². The average molecular weight is 466 g/mol. The van der Waals surface area contributed by atoms with Crippen LogP contribution in [0.2, 0.25) is 0 Å². The van der Waals surface area contributed by atoms with Gasteiger partial charge in [0, 0.05) is 34.1 Å². The number of nitrogens with zero attached hydrogens (tertiary/aromatic N) is 3. The minimum absolute atomic E-state index is 0.0370. The van der Waals surface area contributed by atoms with Gasteiger partial charge in [0.25, 0.3) is 5.91 Å². The first kappa shape index (κ1) is 20.1. The molecule has 33 heavy (non-hydrogen) atoms. The van der Waals surface area contributed by atoms with E-state index in [2.05, 4.69) is 30.9 Å². The number of benzene rings is 1. The number of pyridine rings is 1. The SMILES string of the molecule is C[C@H]1CNc2c(sc3ccc4nc(Nc5cc(F)nc(OC6COC6)n5)ccc4c23)C(=O)N1. The second kappa shape index (κ2) is 7.78. The molecule has 6 rings (SSSR count). The Labute approximate surface area is 191 Å². The number of nitrogens with one attached hydrogen (secondary N) is 3. The molecule has 2 aliphatic rings. The Morgan fingerprint density at radius 3 is 2.88 bits per heavy atom. The topological polar surface area (TPSA) is 110 Å². The number of rotatable bonds is 4. The summed E-state index contributed by atoms with van der Waals surface area (Å²) < 4.78 is 25.6. The number of thiophene rings is 1. The predicted octanol–water partition coefficient (Wildman–Crippen LogP) is 3.44. The molecular formula is C22H19FN6O3S. The first-order chi connectivity index (χ1) is 16.0. The molecule has 1 amide bonds. The number of hydrogen-bond acceptors (Lipinski definition) is 9. The zero-order valence-corrected chi connectivity index (χ0v) is 18.3. The number of carbonyl (C=O) groups excluding carboxylic acids is 1. The van der Waals surface area contributed by atoms with Crippen LogP contribution in [0.3, 0.4) is 0 Å². The number of anilines is 3. The van der Waals surface area contributed by atoms with Gasteiger partial charge >= 0.3 is 6.01 Å². The van der Waals surface area contributed by atoms with Crippen LogP contribution in [0.25, 0.3) is 21.0 Å². The Hall–Kier alpha value is -3.57. The second-order valence-electron chi connectivity index (χ2n) is 8.02. The molecule has 2 aliphatic heterocycles. The summed E-state index contributed by atoms with van der Waals surface area (Å²) in [6, 6.07) is 8.78. The molecule has 0 saturated carbocycles. The van der Waals surface area contributed by atoms with E-state index >= 15 is 0 Å². The van der Waals surface area contributed by atoms with E-state index in [1.807, 2.05) is 25.1 Å². The number of ether oxygens (including phenoxy) is 2. The van der Waals surface area contributed by atoms with E-state index in [1.54, 1.807) is 6.07 Å². The first-order valence-corrected chi connectivity index (χ1v) is 11.3. The third-order valence-corrected chi connectivity index (χ3v) is 6.65. The molecule has 1 atom stereocenters. The zero-order valence-electron chi connectivity index (χ0n) is 17.5. The minimum Gasteiger partial charge on any atom is -0.455 e. The normalized spacial score (nSPS) is 18.2. The summed E-state index contributed by atoms with van der Waals surface area (Å²) in [4.78, 5) is 25.8. The molecule has 0 aliphatic carbocycles. The minimum atomic E-state index is -0.704. The van der Waals surface area contributed by atoms with Gasteiger partial charge in [-0.25, -0.2) is 4.98 Å². The molecule has 0 spiro atoms. The van der Waals surface area contributed by atoms with Gasteiger partial charge in [-0.15, -0.1) is 11.3 Å². The van der Waals surface area contributed by atoms with Crippen molar-refractivity contribution in [2.24, 2.45) is 0 Å². The molecule has 0 bridgehead atoms. The number of fused-ring (bicyclic) bond motifs is 5. The molecule has 9 nitrogen and oxygen atoms in total. The summed E-state index contributed by atoms with van der Waals surface area (Å²) in [6.45, 7) is 3.48. The molecule has 1 saturated heterocycles. The van der Waals surface area contributed by atoms with Gasteiger partial charge in [-0.3, -0.25) is 4.79 Å². The highest BCUT2D eigenvalue weighted by Gasteiger charge is 2.25. The van der Waals surface area contributed by atoms with Crippen LogP contribution in [0.1, 0.15) is 16.6 Å². The van der Waals surface area contributed by atoms with Crippen molar-refractivity contribution in [1.82, 2.24) is 20.3 Å². The fraction of sp³-hybridized carbons (Fsp3) is 0.273. The fourth-order valence-electron chi connectivity index (χ4n) is 3.87. The van der Waals surface area contributed by atoms with E-state index in [0.29, 0.717) is 30.5 Å². The third-order valence-electron chi connectivity index (χ3n) is 5.50. The number of hydrogen-bond donors (Lipinski definition) is 3. The van der Waals surface area contributed by atoms with Gasteiger partial charge in [0.15, 0.2) is 0 Å². The Morgan fingerprint density at radius 2 is 2.06 bits per heavy atom. The molecule has 1 aromatic carbocycles. The summed E-state index contributed by atoms with van der Waals surface area (Å²) >= 11 is 1.46. The van der Waals surface area contributed by atoms with Crippen molar-refractivity contribution in [2.45, 2.75) is 19.1 Å². The summed E-state index contributed by atoms with van der Waals surface area (Å²) in [6.07, 6.45) is -0.166. The van der Waals surface area contributed by atoms with Crippen molar-refractivity contribution >= 4 is 55.6 Å². The monoisotopic (exact) mass is 466 g/mol. The van der Waals surface area contributed by atoms with Crippen molar-refractivity contribution in [3.8, 4) is 6.01 Å². The highest BCUT2D eigenvalue weighted by atomic mass is 32.1. The molecule has 5 heterocycles. The molecule has 0 radical (unpaired) electrons. The number of carbonyl (C=O) groups is 1. The fourth-order valence-corrected chi connectivity index (χ4v) is 4.97. The second-order valence-corrected chi connectivity index (χ2v) is 9.08. The van der Waals surface area contributed by atoms with Gasteiger partial charge < -0.3 is 25.4 Å². The van der Waals surface area contributed by atoms with Crippen LogP contribution in [0.5, 0.6) is 6.01 Å². The highest BCUT2D eigenvalue weighted by molar-refractivity contribution is 7.21. The van der Waals surface area contributed by atoms with Crippen molar-refractivity contribution in [3.05, 3.63) is 41.2 Å². The lowest BCUT2D eigenvalue weighted by Crippen LogP contribution is -2.39. The quantitative estimate of drug-likeness (QED) is 0.393. The van der Waals surface area contributed by atoms with Crippen molar-refractivity contribution in [3.63, 3.8) is 0 Å². The van der Waals surface area contributed by atoms with Gasteiger partial charge in [-0.05, 0) is 31.2 Å². The van der Waals surface area contributed by atoms with Crippen LogP contribution in [0.4, 0.5) is 21.7 Å². The van der Waals surface area contributed by atoms with Crippen LogP contribution in [0.15, 0.2) is 30.3 Å². The Kier molecular flexibility index (Phi) is 4.73. The molecule has 3 aromatic heterocycles. The van der Waals surface area contributed by atoms with Crippen LogP contribution in [0, 0.1) is 5.95 Å². The first-order valence-electron chi connectivity index (χ1n) is 10.5. The lowest BCUT2D eigenvalue weighted by molar-refractivity contribution is -0.0833. The Morgan fingerprint density at radius 1 is 1.18 bits per heavy atom. The van der Waals surface area contributed by atoms with Gasteiger partial charge in [0.2, 0.25) is 5.95 Å². The van der Waals surface area contributed by atoms with Crippen LogP contribution >= 0.6 is 11.3 Å². The highest BCUT2D eigenvalue weighted by Crippen LogP contribution is 2.41. The molecule has 1 fully saturated rings. The van der Waals surface area contributed by atoms with Gasteiger partial charge in [0.05, 0.1) is 24.4 Å². The summed E-state index contributed by atoms with van der Waals surface area (Å²) in [5.74, 6) is -0.0360. The van der Waals surface area contributed by atoms with Crippen molar-refractivity contribution in [2.75, 3.05) is 30.4 Å². The van der Waals surface area contributed by atoms with E-state index < -0.39 is 5.95 Å². The maximum absolute atomic E-state index is 14.0. The number of amides is 1. The maximum atomic E-state index is 14.0. The molecule has 11 heteroatoms. The molecule has 168 valence electrons. The van der Waals surface area contributed by atoms with Gasteiger partial charge in [0.1, 0.15) is 22.6 Å². The maximum Gasteiger partial charge on any atom is 0.321 e. The lowest BCUT2D eigenvalue weighted by Gasteiger charge is -2.25. The summed E-state index contributed by atoms with van der Waals surface area (Å²) in [7, 11) is 0. The molecule has 4 aromatic rings. The van der Waals surface area contributed by atoms with Crippen molar-refractivity contribution in [1.29, 1.82) is 0 Å². The van der Waals surface area contributed by atoms with Crippen LogP contribution < -0.4 is 20.7 Å². The molecule has 0 unspecified atom stereocenters. The van der Waals surface area contributed by atoms with E-state index in [9.17, 15) is 9.18 Å². The standard InChI is InChI=1S/C22H19FN6O3S/c1-10-7-24-19-18-12-2-5-16(26-13(12)3-4-14(18)33-20(19)21(30)25-10)28-17-6-15(23)27-22(29-17)32-11-8-31-9-11/h2-6,10-11,24H,7-9H2,1H3,(H,25,30)(H,26,27,28,29)/t10-/m0/s1. The molecular weight excluding hydrogens is 447 g/mol. The Bertz CT molecular complexity index is 1410.